The number of nitrogens with two attached hydrogens (primary N) is 1. The van der Waals surface area contributed by atoms with E-state index in [2.05, 4.69) is 9.68 Å². The molecule has 3 N–H and O–H groups in total. The molecule has 0 aliphatic rings. The van der Waals surface area contributed by atoms with E-state index >= 15 is 0 Å². The van der Waals surface area contributed by atoms with Gasteiger partial charge in [-0.25, -0.2) is 0 Å². The Balaban J connectivity index is 2.65. The number of aromatic nitrogens is 1. The molecule has 0 amide bonds. The van der Waals surface area contributed by atoms with Crippen molar-refractivity contribution in [2.24, 2.45) is 5.73 Å². The van der Waals surface area contributed by atoms with E-state index in [4.69, 9.17) is 10.8 Å². The van der Waals surface area contributed by atoms with Crippen LogP contribution < -0.4 is 5.73 Å². The van der Waals surface area contributed by atoms with Gasteiger partial charge in [0.2, 0.25) is 0 Å². The minimum absolute atomic E-state index is 0.105. The first-order valence-electron chi connectivity index (χ1n) is 2.61. The van der Waals surface area contributed by atoms with E-state index < -0.39 is 6.04 Å². The average Bonchev–Trinajstić information content (AvgIpc) is 2.37. The minimum Gasteiger partial charge on any atom is -0.394 e. The number of hydrogen-bond acceptors (Lipinski definition) is 4. The molecule has 1 aromatic heterocycles. The molecule has 0 saturated carbocycles. The Bertz CT molecular complexity index is 161. The second-order valence-electron chi connectivity index (χ2n) is 1.71. The van der Waals surface area contributed by atoms with Gasteiger partial charge < -0.3 is 15.4 Å². The molecule has 0 fully saturated rings. The van der Waals surface area contributed by atoms with Crippen LogP contribution in [0, 0.1) is 0 Å². The van der Waals surface area contributed by atoms with Crippen molar-refractivity contribution in [1.29, 1.82) is 0 Å². The molecule has 1 atom stereocenters. The summed E-state index contributed by atoms with van der Waals surface area (Å²) in [6, 6.07) is 1.21. The molecule has 1 heterocycles. The molecule has 0 bridgehead atoms. The molecule has 0 unspecified atom stereocenters. The Morgan fingerprint density at radius 3 is 3.11 bits per heavy atom. The topological polar surface area (TPSA) is 72.3 Å². The molecular formula is C5H8N2O2. The molecule has 0 spiro atoms. The first-order chi connectivity index (χ1) is 4.34. The second kappa shape index (κ2) is 2.61. The molecular weight excluding hydrogens is 120 g/mol. The summed E-state index contributed by atoms with van der Waals surface area (Å²) < 4.78 is 4.50. The fraction of sp³-hybridized carbons (Fsp3) is 0.400. The van der Waals surface area contributed by atoms with Crippen LogP contribution in [0.1, 0.15) is 11.7 Å². The van der Waals surface area contributed by atoms with E-state index in [0.29, 0.717) is 5.69 Å². The maximum Gasteiger partial charge on any atom is 0.124 e. The van der Waals surface area contributed by atoms with Gasteiger partial charge in [0.05, 0.1) is 12.6 Å². The number of aliphatic hydroxyl groups is 1. The zero-order valence-corrected chi connectivity index (χ0v) is 4.82. The molecule has 4 nitrogen and oxygen atoms in total. The van der Waals surface area contributed by atoms with Crippen LogP contribution in [0.2, 0.25) is 0 Å². The molecule has 0 saturated heterocycles. The normalized spacial score (nSPS) is 13.6. The van der Waals surface area contributed by atoms with Crippen LogP contribution in [-0.4, -0.2) is 16.9 Å². The monoisotopic (exact) mass is 128 g/mol. The van der Waals surface area contributed by atoms with Crippen molar-refractivity contribution in [3.63, 3.8) is 0 Å². The molecule has 0 aliphatic heterocycles. The summed E-state index contributed by atoms with van der Waals surface area (Å²) in [5.41, 5.74) is 5.95. The third-order valence-corrected chi connectivity index (χ3v) is 1.03. The SMILES string of the molecule is N[C@H](CO)c1ccon1. The lowest BCUT2D eigenvalue weighted by molar-refractivity contribution is 0.261. The van der Waals surface area contributed by atoms with Crippen LogP contribution in [0.25, 0.3) is 0 Å². The average molecular weight is 128 g/mol. The van der Waals surface area contributed by atoms with Crippen molar-refractivity contribution in [2.45, 2.75) is 6.04 Å². The van der Waals surface area contributed by atoms with E-state index in [9.17, 15) is 0 Å². The Labute approximate surface area is 52.3 Å². The molecule has 50 valence electrons. The molecule has 0 aromatic carbocycles. The van der Waals surface area contributed by atoms with Crippen LogP contribution in [-0.2, 0) is 0 Å². The van der Waals surface area contributed by atoms with Gasteiger partial charge in [0.15, 0.2) is 0 Å². The van der Waals surface area contributed by atoms with Crippen molar-refractivity contribution >= 4 is 0 Å². The lowest BCUT2D eigenvalue weighted by Crippen LogP contribution is -2.14. The van der Waals surface area contributed by atoms with Crippen molar-refractivity contribution in [2.75, 3.05) is 6.61 Å². The molecule has 1 aromatic rings. The highest BCUT2D eigenvalue weighted by Crippen LogP contribution is 2.03. The van der Waals surface area contributed by atoms with Crippen molar-refractivity contribution in [3.05, 3.63) is 18.0 Å². The van der Waals surface area contributed by atoms with Crippen LogP contribution in [0.15, 0.2) is 16.9 Å². The molecule has 1 rings (SSSR count). The van der Waals surface area contributed by atoms with Crippen molar-refractivity contribution in [3.8, 4) is 0 Å². The fourth-order valence-corrected chi connectivity index (χ4v) is 0.507. The summed E-state index contributed by atoms with van der Waals surface area (Å²) in [5, 5.41) is 12.0. The van der Waals surface area contributed by atoms with Crippen molar-refractivity contribution in [1.82, 2.24) is 5.16 Å². The Morgan fingerprint density at radius 2 is 2.67 bits per heavy atom. The Morgan fingerprint density at radius 1 is 1.89 bits per heavy atom. The van der Waals surface area contributed by atoms with E-state index in [1.165, 1.54) is 6.26 Å². The van der Waals surface area contributed by atoms with Gasteiger partial charge in [-0.3, -0.25) is 0 Å². The maximum atomic E-state index is 8.50. The highest BCUT2D eigenvalue weighted by atomic mass is 16.5. The van der Waals surface area contributed by atoms with Gasteiger partial charge in [0.25, 0.3) is 0 Å². The number of hydrogen-bond donors (Lipinski definition) is 2. The van der Waals surface area contributed by atoms with Crippen LogP contribution in [0.3, 0.4) is 0 Å². The third-order valence-electron chi connectivity index (χ3n) is 1.03. The molecule has 9 heavy (non-hydrogen) atoms. The Kier molecular flexibility index (Phi) is 1.81. The first-order valence-corrected chi connectivity index (χ1v) is 2.61. The second-order valence-corrected chi connectivity index (χ2v) is 1.71. The Hall–Kier alpha value is -0.870. The smallest absolute Gasteiger partial charge is 0.124 e. The van der Waals surface area contributed by atoms with Gasteiger partial charge >= 0.3 is 0 Å². The summed E-state index contributed by atoms with van der Waals surface area (Å²) in [7, 11) is 0. The van der Waals surface area contributed by atoms with Gasteiger partial charge in [-0.2, -0.15) is 0 Å². The summed E-state index contributed by atoms with van der Waals surface area (Å²) in [6.07, 6.45) is 1.42. The quantitative estimate of drug-likeness (QED) is 0.571. The van der Waals surface area contributed by atoms with E-state index in [0.717, 1.165) is 0 Å². The summed E-state index contributed by atoms with van der Waals surface area (Å²) in [5.74, 6) is 0. The first kappa shape index (κ1) is 6.25. The van der Waals surface area contributed by atoms with Crippen LogP contribution in [0.4, 0.5) is 0 Å². The minimum atomic E-state index is -0.413. The zero-order chi connectivity index (χ0) is 6.69. The standard InChI is InChI=1S/C5H8N2O2/c6-4(3-8)5-1-2-9-7-5/h1-2,4,8H,3,6H2/t4-/m1/s1. The van der Waals surface area contributed by atoms with E-state index in [-0.39, 0.29) is 6.61 Å². The highest BCUT2D eigenvalue weighted by Gasteiger charge is 2.05. The van der Waals surface area contributed by atoms with Crippen LogP contribution in [0.5, 0.6) is 0 Å². The zero-order valence-electron chi connectivity index (χ0n) is 4.82. The number of rotatable bonds is 2. The summed E-state index contributed by atoms with van der Waals surface area (Å²) in [4.78, 5) is 0. The summed E-state index contributed by atoms with van der Waals surface area (Å²) >= 11 is 0. The van der Waals surface area contributed by atoms with Gasteiger partial charge in [-0.1, -0.05) is 5.16 Å². The predicted molar refractivity (Wildman–Crippen MR) is 30.5 cm³/mol. The molecule has 0 radical (unpaired) electrons. The van der Waals surface area contributed by atoms with Crippen LogP contribution >= 0.6 is 0 Å². The lowest BCUT2D eigenvalue weighted by Gasteiger charge is -1.99. The van der Waals surface area contributed by atoms with Gasteiger partial charge in [-0.05, 0) is 0 Å². The predicted octanol–water partition coefficient (Wildman–Crippen LogP) is -0.333. The number of aliphatic hydroxyl groups excluding tert-OH is 1. The van der Waals surface area contributed by atoms with Gasteiger partial charge in [-0.15, -0.1) is 0 Å². The lowest BCUT2D eigenvalue weighted by atomic mass is 10.2. The largest absolute Gasteiger partial charge is 0.394 e. The molecule has 0 aliphatic carbocycles. The van der Waals surface area contributed by atoms with E-state index in [1.54, 1.807) is 6.07 Å². The third kappa shape index (κ3) is 1.28. The highest BCUT2D eigenvalue weighted by molar-refractivity contribution is 5.01. The number of nitrogens with zero attached hydrogens (tertiary/aromatic N) is 1. The van der Waals surface area contributed by atoms with Gasteiger partial charge in [0.1, 0.15) is 12.0 Å². The summed E-state index contributed by atoms with van der Waals surface area (Å²) in [6.45, 7) is -0.105. The van der Waals surface area contributed by atoms with Gasteiger partial charge in [0, 0.05) is 6.07 Å². The van der Waals surface area contributed by atoms with E-state index in [1.807, 2.05) is 0 Å². The maximum absolute atomic E-state index is 8.50. The van der Waals surface area contributed by atoms with Crippen molar-refractivity contribution < 1.29 is 9.63 Å². The molecule has 4 heteroatoms. The fourth-order valence-electron chi connectivity index (χ4n) is 0.507.